The van der Waals surface area contributed by atoms with Gasteiger partial charge >= 0.3 is 6.03 Å². The van der Waals surface area contributed by atoms with E-state index in [1.165, 1.54) is 4.90 Å². The van der Waals surface area contributed by atoms with Crippen LogP contribution in [0.4, 0.5) is 10.5 Å². The van der Waals surface area contributed by atoms with Gasteiger partial charge in [-0.25, -0.2) is 4.79 Å². The Kier molecular flexibility index (Phi) is 3.66. The fraction of sp³-hybridized carbons (Fsp3) is 0.462. The summed E-state index contributed by atoms with van der Waals surface area (Å²) >= 11 is 0. The van der Waals surface area contributed by atoms with Crippen LogP contribution in [-0.4, -0.2) is 20.2 Å². The molecule has 17 heavy (non-hydrogen) atoms. The van der Waals surface area contributed by atoms with Crippen LogP contribution in [0.1, 0.15) is 26.3 Å². The highest BCUT2D eigenvalue weighted by molar-refractivity contribution is 5.90. The van der Waals surface area contributed by atoms with Gasteiger partial charge in [-0.15, -0.1) is 0 Å². The smallest absolute Gasteiger partial charge is 0.318 e. The highest BCUT2D eigenvalue weighted by Gasteiger charge is 2.20. The van der Waals surface area contributed by atoms with Crippen LogP contribution in [-0.2, 0) is 5.41 Å². The fourth-order valence-electron chi connectivity index (χ4n) is 1.62. The molecule has 0 aliphatic carbocycles. The zero-order chi connectivity index (χ0) is 13.2. The standard InChI is InChI=1S/C13H20N2O2/c1-13(2,3)10-8-9(15(4)12(14)16)6-7-11(10)17-5/h6-8H,1-5H3,(H2,14,16). The highest BCUT2D eigenvalue weighted by atomic mass is 16.5. The summed E-state index contributed by atoms with van der Waals surface area (Å²) in [6.45, 7) is 6.29. The van der Waals surface area contributed by atoms with Crippen LogP contribution in [0.25, 0.3) is 0 Å². The number of nitrogens with two attached hydrogens (primary N) is 1. The van der Waals surface area contributed by atoms with Gasteiger partial charge in [0.15, 0.2) is 0 Å². The van der Waals surface area contributed by atoms with Gasteiger partial charge in [0.25, 0.3) is 0 Å². The first-order valence-electron chi connectivity index (χ1n) is 5.49. The molecule has 0 atom stereocenters. The van der Waals surface area contributed by atoms with E-state index >= 15 is 0 Å². The summed E-state index contributed by atoms with van der Waals surface area (Å²) in [5.74, 6) is 0.819. The Morgan fingerprint density at radius 1 is 1.35 bits per heavy atom. The van der Waals surface area contributed by atoms with Gasteiger partial charge in [0, 0.05) is 18.3 Å². The monoisotopic (exact) mass is 236 g/mol. The number of anilines is 1. The first kappa shape index (κ1) is 13.4. The quantitative estimate of drug-likeness (QED) is 0.857. The van der Waals surface area contributed by atoms with Crippen LogP contribution < -0.4 is 15.4 Å². The molecule has 1 aromatic carbocycles. The molecule has 0 saturated heterocycles. The number of primary amides is 1. The van der Waals surface area contributed by atoms with E-state index in [1.807, 2.05) is 18.2 Å². The first-order chi connectivity index (χ1) is 7.77. The summed E-state index contributed by atoms with van der Waals surface area (Å²) in [7, 11) is 3.29. The van der Waals surface area contributed by atoms with Gasteiger partial charge in [-0.05, 0) is 23.6 Å². The maximum atomic E-state index is 11.1. The molecule has 0 aromatic heterocycles. The second-order valence-electron chi connectivity index (χ2n) is 5.03. The molecule has 0 aliphatic heterocycles. The molecule has 0 radical (unpaired) electrons. The molecule has 0 saturated carbocycles. The van der Waals surface area contributed by atoms with Crippen LogP contribution in [0.15, 0.2) is 18.2 Å². The molecular formula is C13H20N2O2. The number of methoxy groups -OCH3 is 1. The van der Waals surface area contributed by atoms with Crippen molar-refractivity contribution in [1.29, 1.82) is 0 Å². The van der Waals surface area contributed by atoms with Gasteiger partial charge in [-0.2, -0.15) is 0 Å². The van der Waals surface area contributed by atoms with Crippen molar-refractivity contribution in [3.05, 3.63) is 23.8 Å². The van der Waals surface area contributed by atoms with E-state index in [9.17, 15) is 4.79 Å². The Morgan fingerprint density at radius 2 is 1.94 bits per heavy atom. The Bertz CT molecular complexity index is 422. The van der Waals surface area contributed by atoms with E-state index in [0.717, 1.165) is 17.0 Å². The topological polar surface area (TPSA) is 55.6 Å². The molecule has 0 unspecified atom stereocenters. The van der Waals surface area contributed by atoms with Crippen LogP contribution >= 0.6 is 0 Å². The summed E-state index contributed by atoms with van der Waals surface area (Å²) in [4.78, 5) is 12.5. The molecule has 0 bridgehead atoms. The average molecular weight is 236 g/mol. The van der Waals surface area contributed by atoms with Gasteiger partial charge in [-0.3, -0.25) is 4.90 Å². The fourth-order valence-corrected chi connectivity index (χ4v) is 1.62. The van der Waals surface area contributed by atoms with Gasteiger partial charge in [0.2, 0.25) is 0 Å². The number of carbonyl (C=O) groups is 1. The molecule has 94 valence electrons. The van der Waals surface area contributed by atoms with Gasteiger partial charge in [0.05, 0.1) is 7.11 Å². The summed E-state index contributed by atoms with van der Waals surface area (Å²) in [5.41, 5.74) is 7.01. The molecule has 1 aromatic rings. The lowest BCUT2D eigenvalue weighted by atomic mass is 9.86. The van der Waals surface area contributed by atoms with E-state index in [2.05, 4.69) is 20.8 Å². The number of carbonyl (C=O) groups excluding carboxylic acids is 1. The van der Waals surface area contributed by atoms with E-state index < -0.39 is 6.03 Å². The molecule has 1 rings (SSSR count). The van der Waals surface area contributed by atoms with Crippen LogP contribution in [0.3, 0.4) is 0 Å². The second kappa shape index (κ2) is 4.65. The van der Waals surface area contributed by atoms with Crippen LogP contribution in [0.5, 0.6) is 5.75 Å². The van der Waals surface area contributed by atoms with Crippen molar-refractivity contribution in [2.45, 2.75) is 26.2 Å². The van der Waals surface area contributed by atoms with Crippen molar-refractivity contribution in [1.82, 2.24) is 0 Å². The minimum Gasteiger partial charge on any atom is -0.496 e. The van der Waals surface area contributed by atoms with Gasteiger partial charge < -0.3 is 10.5 Å². The maximum absolute atomic E-state index is 11.1. The first-order valence-corrected chi connectivity index (χ1v) is 5.49. The third kappa shape index (κ3) is 2.90. The Morgan fingerprint density at radius 3 is 2.35 bits per heavy atom. The molecule has 0 heterocycles. The lowest BCUT2D eigenvalue weighted by Gasteiger charge is -2.24. The van der Waals surface area contributed by atoms with Crippen molar-refractivity contribution in [2.24, 2.45) is 5.73 Å². The van der Waals surface area contributed by atoms with Crippen LogP contribution in [0.2, 0.25) is 0 Å². The molecule has 0 fully saturated rings. The lowest BCUT2D eigenvalue weighted by molar-refractivity contribution is 0.255. The number of rotatable bonds is 2. The number of ether oxygens (including phenoxy) is 1. The normalized spacial score (nSPS) is 11.1. The number of nitrogens with zero attached hydrogens (tertiary/aromatic N) is 1. The summed E-state index contributed by atoms with van der Waals surface area (Å²) in [5, 5.41) is 0. The summed E-state index contributed by atoms with van der Waals surface area (Å²) in [6.07, 6.45) is 0. The predicted octanol–water partition coefficient (Wildman–Crippen LogP) is 2.51. The average Bonchev–Trinajstić information content (AvgIpc) is 2.25. The second-order valence-corrected chi connectivity index (χ2v) is 5.03. The zero-order valence-corrected chi connectivity index (χ0v) is 11.1. The SMILES string of the molecule is COc1ccc(N(C)C(N)=O)cc1C(C)(C)C. The number of urea groups is 1. The predicted molar refractivity (Wildman–Crippen MR) is 69.7 cm³/mol. The van der Waals surface area contributed by atoms with E-state index in [1.54, 1.807) is 14.2 Å². The molecule has 0 aliphatic rings. The largest absolute Gasteiger partial charge is 0.496 e. The molecule has 4 nitrogen and oxygen atoms in total. The molecule has 0 spiro atoms. The van der Waals surface area contributed by atoms with E-state index in [-0.39, 0.29) is 5.41 Å². The number of hydrogen-bond acceptors (Lipinski definition) is 2. The molecular weight excluding hydrogens is 216 g/mol. The minimum absolute atomic E-state index is 0.0557. The summed E-state index contributed by atoms with van der Waals surface area (Å²) in [6, 6.07) is 5.13. The van der Waals surface area contributed by atoms with Crippen molar-refractivity contribution >= 4 is 11.7 Å². The zero-order valence-electron chi connectivity index (χ0n) is 11.1. The highest BCUT2D eigenvalue weighted by Crippen LogP contribution is 2.34. The molecule has 2 amide bonds. The Balaban J connectivity index is 3.27. The van der Waals surface area contributed by atoms with E-state index in [4.69, 9.17) is 10.5 Å². The van der Waals surface area contributed by atoms with Gasteiger partial charge in [-0.1, -0.05) is 20.8 Å². The van der Waals surface area contributed by atoms with Crippen LogP contribution in [0, 0.1) is 0 Å². The minimum atomic E-state index is -0.477. The van der Waals surface area contributed by atoms with Crippen molar-refractivity contribution < 1.29 is 9.53 Å². The number of benzene rings is 1. The number of hydrogen-bond donors (Lipinski definition) is 1. The Hall–Kier alpha value is -1.71. The Labute approximate surface area is 102 Å². The molecule has 2 N–H and O–H groups in total. The third-order valence-electron chi connectivity index (χ3n) is 2.71. The van der Waals surface area contributed by atoms with E-state index in [0.29, 0.717) is 0 Å². The number of amides is 2. The van der Waals surface area contributed by atoms with Crippen molar-refractivity contribution in [2.75, 3.05) is 19.1 Å². The lowest BCUT2D eigenvalue weighted by Crippen LogP contribution is -2.32. The van der Waals surface area contributed by atoms with Crippen molar-refractivity contribution in [3.63, 3.8) is 0 Å². The third-order valence-corrected chi connectivity index (χ3v) is 2.71. The summed E-state index contributed by atoms with van der Waals surface area (Å²) < 4.78 is 5.33. The maximum Gasteiger partial charge on any atom is 0.318 e. The molecule has 4 heteroatoms. The van der Waals surface area contributed by atoms with Crippen molar-refractivity contribution in [3.8, 4) is 5.75 Å². The van der Waals surface area contributed by atoms with Gasteiger partial charge in [0.1, 0.15) is 5.75 Å².